The lowest BCUT2D eigenvalue weighted by Crippen LogP contribution is -2.30. The van der Waals surface area contributed by atoms with E-state index in [9.17, 15) is 9.59 Å². The molecule has 0 aromatic carbocycles. The third-order valence-electron chi connectivity index (χ3n) is 1.93. The van der Waals surface area contributed by atoms with E-state index >= 15 is 0 Å². The number of carbonyl (C=O) groups excluding carboxylic acids is 1. The smallest absolute Gasteiger partial charge is 0.323 e. The van der Waals surface area contributed by atoms with Crippen molar-refractivity contribution in [2.45, 2.75) is 24.9 Å². The number of thioether (sulfide) groups is 1. The van der Waals surface area contributed by atoms with Crippen molar-refractivity contribution in [2.75, 3.05) is 24.9 Å². The lowest BCUT2D eigenvalue weighted by Gasteiger charge is -2.02. The third-order valence-corrected chi connectivity index (χ3v) is 2.57. The number of hydrogen-bond acceptors (Lipinski definition) is 7. The maximum Gasteiger partial charge on any atom is 0.323 e. The van der Waals surface area contributed by atoms with Crippen molar-refractivity contribution < 1.29 is 19.4 Å². The molecule has 0 aromatic heterocycles. The Morgan fingerprint density at radius 1 is 1.85 bits per heavy atom. The molecule has 1 aliphatic rings. The summed E-state index contributed by atoms with van der Waals surface area (Å²) in [4.78, 5) is 20.3. The molecule has 1 saturated heterocycles. The van der Waals surface area contributed by atoms with Crippen molar-refractivity contribution in [1.29, 1.82) is 2.67 Å². The van der Waals surface area contributed by atoms with Gasteiger partial charge in [0.15, 0.2) is 0 Å². The number of esters is 1. The molecular weight excluding hydrogens is 323 g/mol. The van der Waals surface area contributed by atoms with Gasteiger partial charge in [0, 0.05) is 6.42 Å². The van der Waals surface area contributed by atoms with Crippen molar-refractivity contribution in [3.8, 4) is 0 Å². The molecule has 6 nitrogen and oxygen atoms in total. The van der Waals surface area contributed by atoms with Gasteiger partial charge >= 0.3 is 11.9 Å². The van der Waals surface area contributed by atoms with Crippen LogP contribution < -0.4 is 11.5 Å². The average Bonchev–Trinajstić information content (AvgIpc) is 2.84. The van der Waals surface area contributed by atoms with Crippen LogP contribution in [0.3, 0.4) is 0 Å². The molecule has 0 bridgehead atoms. The molecule has 0 aromatic rings. The lowest BCUT2D eigenvalue weighted by molar-refractivity contribution is -0.139. The number of nitrogens with two attached hydrogens (primary N) is 2. The van der Waals surface area contributed by atoms with Crippen LogP contribution in [0.1, 0.15) is 12.8 Å². The number of thiol groups is 1. The molecule has 10 heteroatoms. The van der Waals surface area contributed by atoms with Crippen LogP contribution in [0.4, 0.5) is 0 Å². The number of carbonyl (C=O) groups is 2. The number of hydrogen-bond donors (Lipinski definition) is 4. The number of rotatable bonds is 4. The molecule has 20 heavy (non-hydrogen) atoms. The van der Waals surface area contributed by atoms with Crippen LogP contribution in [0.25, 0.3) is 0 Å². The number of ether oxygens (including phenoxy) is 1. The lowest BCUT2D eigenvalue weighted by atomic mass is 10.2. The van der Waals surface area contributed by atoms with Crippen LogP contribution in [0.2, 0.25) is 0 Å². The minimum Gasteiger partial charge on any atom is -0.480 e. The molecule has 1 heterocycles. The molecule has 1 aliphatic heterocycles. The van der Waals surface area contributed by atoms with E-state index in [0.717, 1.165) is 5.75 Å². The van der Waals surface area contributed by atoms with E-state index in [-0.39, 0.29) is 24.4 Å². The Labute approximate surface area is 140 Å². The highest BCUT2D eigenvalue weighted by atomic mass is 35.5. The van der Waals surface area contributed by atoms with Gasteiger partial charge in [-0.25, -0.2) is 0 Å². The Balaban J connectivity index is -0.000000111. The summed E-state index contributed by atoms with van der Waals surface area (Å²) in [7, 11) is 0.500. The first kappa shape index (κ1) is 22.2. The molecule has 121 valence electrons. The van der Waals surface area contributed by atoms with Crippen LogP contribution in [0.15, 0.2) is 0 Å². The Hall–Kier alpha value is -0.0851. The molecule has 0 amide bonds. The summed E-state index contributed by atoms with van der Waals surface area (Å²) in [5.74, 6) is -0.364. The molecule has 2 atom stereocenters. The largest absolute Gasteiger partial charge is 0.480 e. The highest BCUT2D eigenvalue weighted by Gasteiger charge is 2.21. The van der Waals surface area contributed by atoms with Crippen molar-refractivity contribution in [1.82, 2.24) is 0 Å². The van der Waals surface area contributed by atoms with Crippen molar-refractivity contribution in [3.05, 3.63) is 0 Å². The predicted octanol–water partition coefficient (Wildman–Crippen LogP) is -0.536. The van der Waals surface area contributed by atoms with Gasteiger partial charge in [0.1, 0.15) is 12.1 Å². The molecule has 5 N–H and O–H groups in total. The van der Waals surface area contributed by atoms with Gasteiger partial charge in [-0.2, -0.15) is 24.4 Å². The van der Waals surface area contributed by atoms with E-state index < -0.39 is 12.0 Å². The van der Waals surface area contributed by atoms with Crippen LogP contribution in [-0.4, -0.2) is 65.0 Å². The maximum absolute atomic E-state index is 10.2. The third kappa shape index (κ3) is 16.0. The molecule has 0 spiro atoms. The van der Waals surface area contributed by atoms with Gasteiger partial charge in [-0.05, 0) is 27.4 Å². The summed E-state index contributed by atoms with van der Waals surface area (Å²) >= 11 is 5.13. The number of halogens is 1. The van der Waals surface area contributed by atoms with Gasteiger partial charge in [-0.1, -0.05) is 0 Å². The highest BCUT2D eigenvalue weighted by molar-refractivity contribution is 7.98. The maximum atomic E-state index is 10.2. The van der Waals surface area contributed by atoms with E-state index in [1.54, 1.807) is 18.0 Å². The number of carboxylic acid groups (broad SMARTS) is 1. The van der Waals surface area contributed by atoms with Crippen molar-refractivity contribution in [2.24, 2.45) is 11.5 Å². The zero-order valence-corrected chi connectivity index (χ0v) is 14.2. The fourth-order valence-electron chi connectivity index (χ4n) is 0.880. The van der Waals surface area contributed by atoms with Gasteiger partial charge in [-0.15, -0.1) is 12.4 Å². The van der Waals surface area contributed by atoms with Gasteiger partial charge in [0.05, 0.1) is 14.9 Å². The van der Waals surface area contributed by atoms with Crippen LogP contribution in [-0.2, 0) is 14.3 Å². The van der Waals surface area contributed by atoms with Gasteiger partial charge < -0.3 is 21.3 Å². The summed E-state index contributed by atoms with van der Waals surface area (Å²) in [5, 5.41) is 8.27. The standard InChI is InChI=1S/C5H11NO2S.C4H7NO2.CH4S.BH2.ClH/c1-9-3-2-4(6)5(7)8;5-3-1-2-7-4(3)6;1-2;;/h4H,2-3,6H2,1H3,(H,7,8);3H,1-2,5H2;2H,1H3;1H2;1H/i;;;1TD;. The number of cyclic esters (lactones) is 1. The Kier molecular flexibility index (Phi) is 21.0. The molecule has 0 saturated carbocycles. The molecule has 1 fully saturated rings. The Morgan fingerprint density at radius 3 is 2.55 bits per heavy atom. The van der Waals surface area contributed by atoms with Crippen molar-refractivity contribution >= 4 is 57.1 Å². The van der Waals surface area contributed by atoms with E-state index in [1.165, 1.54) is 0 Å². The fraction of sp³-hybridized carbons (Fsp3) is 0.800. The SMILES string of the molecule is CS.CSCCC(N)C(=O)O.Cl.NC1CCOC1=O.[2H][B][3H]. The normalized spacial score (nSPS) is 17.6. The minimum atomic E-state index is -0.913. The monoisotopic (exact) mass is 350 g/mol. The van der Waals surface area contributed by atoms with Crippen molar-refractivity contribution in [3.63, 3.8) is 0 Å². The zero-order valence-electron chi connectivity index (χ0n) is 13.7. The Bertz CT molecular complexity index is 275. The highest BCUT2D eigenvalue weighted by Crippen LogP contribution is 2.00. The minimum absolute atomic E-state index is 0. The van der Waals surface area contributed by atoms with E-state index in [4.69, 9.17) is 19.2 Å². The quantitative estimate of drug-likeness (QED) is 0.306. The average molecular weight is 351 g/mol. The summed E-state index contributed by atoms with van der Waals surface area (Å²) in [6, 6.07) is -1.03. The van der Waals surface area contributed by atoms with E-state index in [0.29, 0.717) is 27.8 Å². The van der Waals surface area contributed by atoms with Gasteiger partial charge in [0.25, 0.3) is 0 Å². The second-order valence-corrected chi connectivity index (χ2v) is 4.27. The number of aliphatic carboxylic acids is 1. The zero-order chi connectivity index (χ0) is 17.3. The fourth-order valence-corrected chi connectivity index (χ4v) is 1.37. The topological polar surface area (TPSA) is 116 Å². The molecule has 2 unspecified atom stereocenters. The van der Waals surface area contributed by atoms with Crippen LogP contribution in [0.5, 0.6) is 0 Å². The summed E-state index contributed by atoms with van der Waals surface area (Å²) in [5.41, 5.74) is 10.4. The Morgan fingerprint density at radius 2 is 2.35 bits per heavy atom. The first-order valence-corrected chi connectivity index (χ1v) is 7.62. The first-order chi connectivity index (χ1) is 9.90. The van der Waals surface area contributed by atoms with Crippen LogP contribution >= 0.6 is 36.8 Å². The molecule has 0 aliphatic carbocycles. The second-order valence-electron chi connectivity index (χ2n) is 3.29. The number of carboxylic acids is 1. The molecule has 1 radical (unpaired) electrons. The molecule has 1 rings (SSSR count). The summed E-state index contributed by atoms with van der Waals surface area (Å²) in [6.45, 7) is 0.500. The second kappa shape index (κ2) is 18.9. The van der Waals surface area contributed by atoms with E-state index in [1.807, 2.05) is 6.26 Å². The predicted molar refractivity (Wildman–Crippen MR) is 92.9 cm³/mol. The summed E-state index contributed by atoms with van der Waals surface area (Å²) in [6.07, 6.45) is 4.85. The van der Waals surface area contributed by atoms with Gasteiger partial charge in [0.2, 0.25) is 0 Å². The first-order valence-electron chi connectivity index (χ1n) is 6.48. The molecular formula is C10H25BClN2O4S2. The van der Waals surface area contributed by atoms with Gasteiger partial charge in [-0.3, -0.25) is 9.59 Å². The van der Waals surface area contributed by atoms with E-state index in [2.05, 4.69) is 17.4 Å². The van der Waals surface area contributed by atoms with Crippen LogP contribution in [0, 0.1) is 0 Å². The summed E-state index contributed by atoms with van der Waals surface area (Å²) < 4.78 is 16.0.